The first kappa shape index (κ1) is 54.4. The molecule has 0 aliphatic carbocycles. The SMILES string of the molecule is CC1(C)CCCC(C)(C)N1c1ccccc1-n1[c-][n+](-c2[c-]c(Oc3[c-]c(-c4[c-]c(Oc5[c-]c(-[n+]6[c-]n(-c7ccccc7N7C(C)(C)CCCC7(C)C)c7ccccc76)cnc5)ccn4)ncc3)cnc2)c2ccccc21.[Pt].[Pt]. The third-order valence-electron chi connectivity index (χ3n) is 15.2. The Morgan fingerprint density at radius 2 is 0.782 bits per heavy atom. The van der Waals surface area contributed by atoms with Gasteiger partial charge in [-0.3, -0.25) is 9.13 Å². The first-order chi connectivity index (χ1) is 36.6. The Hall–Kier alpha value is -7.00. The number of anilines is 2. The smallest absolute Gasteiger partial charge is 0.268 e. The van der Waals surface area contributed by atoms with E-state index in [1.165, 1.54) is 24.2 Å². The normalized spacial score (nSPS) is 16.3. The Morgan fingerprint density at radius 1 is 0.423 bits per heavy atom. The summed E-state index contributed by atoms with van der Waals surface area (Å²) in [6, 6.07) is 50.8. The number of piperidine rings is 2. The first-order valence-corrected chi connectivity index (χ1v) is 26.2. The van der Waals surface area contributed by atoms with Gasteiger partial charge in [0.2, 0.25) is 0 Å². The molecule has 0 radical (unpaired) electrons. The molecule has 8 heterocycles. The summed E-state index contributed by atoms with van der Waals surface area (Å²) < 4.78 is 21.1. The third kappa shape index (κ3) is 10.2. The fourth-order valence-corrected chi connectivity index (χ4v) is 12.2. The van der Waals surface area contributed by atoms with E-state index in [-0.39, 0.29) is 64.3 Å². The molecule has 12 rings (SSSR count). The van der Waals surface area contributed by atoms with Crippen molar-refractivity contribution in [3.63, 3.8) is 0 Å². The van der Waals surface area contributed by atoms with Crippen molar-refractivity contribution in [2.75, 3.05) is 9.80 Å². The van der Waals surface area contributed by atoms with E-state index in [2.05, 4.69) is 216 Å². The van der Waals surface area contributed by atoms with E-state index in [0.29, 0.717) is 45.8 Å². The molecule has 12 nitrogen and oxygen atoms in total. The van der Waals surface area contributed by atoms with Gasteiger partial charge in [0.1, 0.15) is 0 Å². The Balaban J connectivity index is 0.00000344. The molecule has 2 aliphatic heterocycles. The van der Waals surface area contributed by atoms with Crippen LogP contribution in [0.25, 0.3) is 56.2 Å². The molecule has 4 aromatic carbocycles. The molecule has 0 saturated carbocycles. The Morgan fingerprint density at radius 3 is 1.18 bits per heavy atom. The van der Waals surface area contributed by atoms with Gasteiger partial charge in [0.25, 0.3) is 12.7 Å². The number of nitrogens with zero attached hydrogens (tertiary/aromatic N) is 10. The zero-order valence-corrected chi connectivity index (χ0v) is 49.6. The van der Waals surface area contributed by atoms with Crippen molar-refractivity contribution in [1.82, 2.24) is 29.1 Å². The molecule has 2 saturated heterocycles. The number of hydrogen-bond acceptors (Lipinski definition) is 8. The summed E-state index contributed by atoms with van der Waals surface area (Å²) in [5, 5.41) is 0. The zero-order chi connectivity index (χ0) is 52.4. The maximum absolute atomic E-state index is 6.40. The fraction of sp³-hybridized carbons (Fsp3) is 0.281. The molecular weight excluding hydrogens is 1330 g/mol. The van der Waals surface area contributed by atoms with Crippen LogP contribution >= 0.6 is 0 Å². The maximum atomic E-state index is 6.40. The molecule has 0 amide bonds. The van der Waals surface area contributed by atoms with Crippen molar-refractivity contribution in [3.05, 3.63) is 183 Å². The van der Waals surface area contributed by atoms with Gasteiger partial charge in [-0.05, 0) is 154 Å². The number of benzene rings is 4. The number of para-hydroxylation sites is 8. The molecule has 0 atom stereocenters. The fourth-order valence-electron chi connectivity index (χ4n) is 12.2. The number of pyridine rings is 4. The summed E-state index contributed by atoms with van der Waals surface area (Å²) >= 11 is 0. The number of rotatable bonds is 11. The van der Waals surface area contributed by atoms with Gasteiger partial charge in [-0.1, -0.05) is 85.2 Å². The quantitative estimate of drug-likeness (QED) is 0.0934. The molecule has 0 unspecified atom stereocenters. The van der Waals surface area contributed by atoms with Gasteiger partial charge >= 0.3 is 0 Å². The van der Waals surface area contributed by atoms with E-state index in [4.69, 9.17) is 9.47 Å². The van der Waals surface area contributed by atoms with E-state index in [0.717, 1.165) is 59.1 Å². The predicted octanol–water partition coefficient (Wildman–Crippen LogP) is 12.9. The molecule has 2 aliphatic rings. The zero-order valence-electron chi connectivity index (χ0n) is 45.0. The van der Waals surface area contributed by atoms with Gasteiger partial charge in [0.05, 0.1) is 44.8 Å². The van der Waals surface area contributed by atoms with Gasteiger partial charge in [-0.15, -0.1) is 35.7 Å². The summed E-state index contributed by atoms with van der Waals surface area (Å²) in [5.41, 5.74) is 10.4. The molecule has 0 N–H and O–H groups in total. The summed E-state index contributed by atoms with van der Waals surface area (Å²) in [5.74, 6) is 1.61. The van der Waals surface area contributed by atoms with Crippen LogP contribution in [0.15, 0.2) is 146 Å². The largest absolute Gasteiger partial charge is 0.509 e. The van der Waals surface area contributed by atoms with Crippen LogP contribution in [0.3, 0.4) is 0 Å². The van der Waals surface area contributed by atoms with Crippen LogP contribution in [0.2, 0.25) is 0 Å². The topological polar surface area (TPSA) is 94.1 Å². The number of aromatic nitrogens is 8. The minimum Gasteiger partial charge on any atom is -0.509 e. The first-order valence-electron chi connectivity index (χ1n) is 26.2. The number of fused-ring (bicyclic) bond motifs is 2. The van der Waals surface area contributed by atoms with Crippen LogP contribution in [-0.2, 0) is 42.1 Å². The van der Waals surface area contributed by atoms with Gasteiger partial charge in [-0.2, -0.15) is 12.1 Å². The van der Waals surface area contributed by atoms with Crippen LogP contribution < -0.4 is 28.4 Å². The molecular formula is C64H60N10O2Pt2-4. The van der Waals surface area contributed by atoms with Crippen LogP contribution in [0.4, 0.5) is 11.4 Å². The van der Waals surface area contributed by atoms with Crippen LogP contribution in [0.1, 0.15) is 93.9 Å². The van der Waals surface area contributed by atoms with Crippen molar-refractivity contribution in [3.8, 4) is 57.1 Å². The molecule has 2 fully saturated rings. The van der Waals surface area contributed by atoms with Crippen molar-refractivity contribution in [2.45, 2.75) is 116 Å². The van der Waals surface area contributed by atoms with Gasteiger partial charge in [0.15, 0.2) is 0 Å². The summed E-state index contributed by atoms with van der Waals surface area (Å²) in [7, 11) is 0. The maximum Gasteiger partial charge on any atom is 0.268 e. The van der Waals surface area contributed by atoms with E-state index < -0.39 is 0 Å². The Bertz CT molecular complexity index is 3530. The van der Waals surface area contributed by atoms with Crippen LogP contribution in [-0.4, -0.2) is 51.2 Å². The molecule has 6 aromatic heterocycles. The van der Waals surface area contributed by atoms with Crippen molar-refractivity contribution < 1.29 is 60.7 Å². The predicted molar refractivity (Wildman–Crippen MR) is 295 cm³/mol. The molecule has 10 aromatic rings. The minimum atomic E-state index is -0.0283. The second-order valence-electron chi connectivity index (χ2n) is 22.5. The molecule has 402 valence electrons. The number of imidazole rings is 2. The van der Waals surface area contributed by atoms with E-state index in [9.17, 15) is 0 Å². The number of hydrogen-bond donors (Lipinski definition) is 0. The second-order valence-corrected chi connectivity index (χ2v) is 22.5. The average Bonchev–Trinajstić information content (AvgIpc) is 4.14. The van der Waals surface area contributed by atoms with E-state index in [1.807, 2.05) is 21.3 Å². The molecule has 0 bridgehead atoms. The molecule has 0 spiro atoms. The van der Waals surface area contributed by atoms with E-state index >= 15 is 0 Å². The van der Waals surface area contributed by atoms with Gasteiger partial charge in [-0.25, -0.2) is 0 Å². The van der Waals surface area contributed by atoms with Crippen molar-refractivity contribution in [2.24, 2.45) is 0 Å². The summed E-state index contributed by atoms with van der Waals surface area (Å²) in [6.07, 6.45) is 24.3. The van der Waals surface area contributed by atoms with Crippen LogP contribution in [0, 0.1) is 36.9 Å². The summed E-state index contributed by atoms with van der Waals surface area (Å²) in [6.45, 7) is 18.8. The summed E-state index contributed by atoms with van der Waals surface area (Å²) in [4.78, 5) is 23.6. The third-order valence-corrected chi connectivity index (χ3v) is 15.2. The van der Waals surface area contributed by atoms with Gasteiger partial charge in [0, 0.05) is 87.3 Å². The molecule has 78 heavy (non-hydrogen) atoms. The Labute approximate surface area is 486 Å². The Kier molecular flexibility index (Phi) is 14.9. The number of ether oxygens (including phenoxy) is 2. The van der Waals surface area contributed by atoms with Gasteiger partial charge < -0.3 is 48.3 Å². The van der Waals surface area contributed by atoms with Crippen molar-refractivity contribution in [1.29, 1.82) is 0 Å². The monoisotopic (exact) mass is 1390 g/mol. The second kappa shape index (κ2) is 21.3. The van der Waals surface area contributed by atoms with E-state index in [1.54, 1.807) is 49.3 Å². The van der Waals surface area contributed by atoms with Crippen LogP contribution in [0.5, 0.6) is 23.0 Å². The standard InChI is InChI=1S/C64H60N10O2.2Pt/c1-61(2)29-17-30-62(3,4)73(61)59-25-15-13-23-57(59)71-43-69(53-19-9-11-21-55(53)71)45-35-49(41-65-39-45)75-47-27-33-67-51(37-47)52-38-48(28-34-68-52)76-50-36-46(40-66-42-50)70-44-72(56-22-12-10-20-54(56)70)58-24-14-16-26-60(58)74-63(5,6)31-18-32-64(74,7)8;;/h9-16,19-28,33-34,39-42H,17-18,29-32H2,1-8H3;;/q-4;;. The van der Waals surface area contributed by atoms with Crippen molar-refractivity contribution >= 4 is 33.4 Å². The average molecular weight is 1390 g/mol. The molecule has 14 heteroatoms. The minimum absolute atomic E-state index is 0.